The number of carbonyl (C=O) groups is 3. The lowest BCUT2D eigenvalue weighted by molar-refractivity contribution is 0.0392. The number of amides is 4. The Bertz CT molecular complexity index is 1920. The van der Waals surface area contributed by atoms with Gasteiger partial charge in [0.25, 0.3) is 11.8 Å². The Labute approximate surface area is 272 Å². The summed E-state index contributed by atoms with van der Waals surface area (Å²) in [7, 11) is 6.75. The van der Waals surface area contributed by atoms with Gasteiger partial charge in [0, 0.05) is 68.8 Å². The van der Waals surface area contributed by atoms with Gasteiger partial charge in [-0.15, -0.1) is 0 Å². The molecule has 240 valence electrons. The highest BCUT2D eigenvalue weighted by Gasteiger charge is 2.24. The van der Waals surface area contributed by atoms with Crippen LogP contribution in [0.4, 0.5) is 22.1 Å². The zero-order chi connectivity index (χ0) is 33.1. The Morgan fingerprint density at radius 2 is 1.51 bits per heavy atom. The smallest absolute Gasteiger partial charge is 0.323 e. The molecule has 6 rings (SSSR count). The normalized spacial score (nSPS) is 14.5. The molecule has 4 amide bonds. The molecule has 0 radical (unpaired) electrons. The van der Waals surface area contributed by atoms with E-state index in [1.54, 1.807) is 70.8 Å². The van der Waals surface area contributed by atoms with Crippen LogP contribution in [0.15, 0.2) is 89.5 Å². The summed E-state index contributed by atoms with van der Waals surface area (Å²) in [5, 5.41) is 6.51. The van der Waals surface area contributed by atoms with Gasteiger partial charge >= 0.3 is 6.03 Å². The quantitative estimate of drug-likeness (QED) is 0.240. The first-order valence-corrected chi connectivity index (χ1v) is 15.1. The van der Waals surface area contributed by atoms with E-state index in [2.05, 4.69) is 20.5 Å². The van der Waals surface area contributed by atoms with Crippen LogP contribution in [0.5, 0.6) is 0 Å². The minimum Gasteiger partial charge on any atom is -0.451 e. The molecule has 0 bridgehead atoms. The van der Waals surface area contributed by atoms with Gasteiger partial charge in [0.1, 0.15) is 11.9 Å². The molecule has 1 atom stereocenters. The van der Waals surface area contributed by atoms with E-state index in [0.29, 0.717) is 48.3 Å². The number of benzene rings is 3. The number of rotatable bonds is 7. The van der Waals surface area contributed by atoms with E-state index in [1.807, 2.05) is 42.5 Å². The number of nitrogens with one attached hydrogen (secondary N) is 2. The Morgan fingerprint density at radius 1 is 0.830 bits per heavy atom. The fraction of sp³-hybridized carbons (Fsp3) is 0.229. The first kappa shape index (κ1) is 31.2. The van der Waals surface area contributed by atoms with Crippen LogP contribution >= 0.6 is 0 Å². The summed E-state index contributed by atoms with van der Waals surface area (Å²) in [6, 6.07) is 23.1. The fourth-order valence-electron chi connectivity index (χ4n) is 5.21. The van der Waals surface area contributed by atoms with E-state index in [4.69, 9.17) is 14.1 Å². The van der Waals surface area contributed by atoms with Gasteiger partial charge in [0.05, 0.1) is 18.7 Å². The molecule has 2 N–H and O–H groups in total. The molecule has 1 unspecified atom stereocenters. The molecule has 1 saturated heterocycles. The maximum Gasteiger partial charge on any atom is 0.323 e. The summed E-state index contributed by atoms with van der Waals surface area (Å²) >= 11 is 0. The van der Waals surface area contributed by atoms with Gasteiger partial charge in [-0.2, -0.15) is 0 Å². The van der Waals surface area contributed by atoms with E-state index in [-0.39, 0.29) is 23.7 Å². The highest BCUT2D eigenvalue weighted by Crippen LogP contribution is 2.29. The molecule has 1 aliphatic heterocycles. The number of fused-ring (bicyclic) bond motifs is 1. The molecule has 2 aromatic heterocycles. The number of morpholine rings is 1. The van der Waals surface area contributed by atoms with Crippen LogP contribution in [-0.4, -0.2) is 85.5 Å². The summed E-state index contributed by atoms with van der Waals surface area (Å²) in [6.45, 7) is 1.70. The van der Waals surface area contributed by atoms with Crippen molar-refractivity contribution in [2.75, 3.05) is 63.4 Å². The first-order valence-electron chi connectivity index (χ1n) is 15.1. The van der Waals surface area contributed by atoms with Crippen molar-refractivity contribution in [3.63, 3.8) is 0 Å². The molecule has 1 aliphatic rings. The molecule has 47 heavy (non-hydrogen) atoms. The van der Waals surface area contributed by atoms with E-state index in [1.165, 1.54) is 9.80 Å². The van der Waals surface area contributed by atoms with Crippen LogP contribution in [0.2, 0.25) is 0 Å². The number of aromatic nitrogens is 2. The van der Waals surface area contributed by atoms with Crippen LogP contribution in [0.25, 0.3) is 22.2 Å². The Kier molecular flexibility index (Phi) is 8.85. The van der Waals surface area contributed by atoms with Crippen LogP contribution in [-0.2, 0) is 4.74 Å². The highest BCUT2D eigenvalue weighted by molar-refractivity contribution is 6.00. The fourth-order valence-corrected chi connectivity index (χ4v) is 5.21. The van der Waals surface area contributed by atoms with Crippen molar-refractivity contribution in [3.05, 3.63) is 102 Å². The third-order valence-electron chi connectivity index (χ3n) is 7.76. The maximum absolute atomic E-state index is 12.6. The van der Waals surface area contributed by atoms with Crippen molar-refractivity contribution in [1.29, 1.82) is 0 Å². The molecule has 5 aromatic rings. The number of ether oxygens (including phenoxy) is 1. The lowest BCUT2D eigenvalue weighted by Gasteiger charge is -2.33. The molecular weight excluding hydrogens is 598 g/mol. The third-order valence-corrected chi connectivity index (χ3v) is 7.76. The van der Waals surface area contributed by atoms with Crippen LogP contribution in [0.1, 0.15) is 32.6 Å². The van der Waals surface area contributed by atoms with Gasteiger partial charge in [-0.1, -0.05) is 24.3 Å². The largest absolute Gasteiger partial charge is 0.451 e. The van der Waals surface area contributed by atoms with Gasteiger partial charge in [-0.05, 0) is 60.2 Å². The minimum atomic E-state index is -0.393. The molecular formula is C35H35N7O5. The number of hydrogen-bond acceptors (Lipinski definition) is 8. The SMILES string of the molecule is CN(C)C(=O)c1ccc(NC(=O)Nc2ccc(C3CN(c4ncc5ccc(-c6ccc(C(=O)N(C)C)o6)cc5n4)CCO3)cc2)cc1. The number of carbonyl (C=O) groups excluding carboxylic acids is 3. The van der Waals surface area contributed by atoms with Crippen molar-refractivity contribution in [2.45, 2.75) is 6.10 Å². The summed E-state index contributed by atoms with van der Waals surface area (Å²) < 4.78 is 11.9. The summed E-state index contributed by atoms with van der Waals surface area (Å²) in [5.41, 5.74) is 4.28. The topological polar surface area (TPSA) is 133 Å². The molecule has 0 aliphatic carbocycles. The van der Waals surface area contributed by atoms with Crippen LogP contribution in [0, 0.1) is 0 Å². The van der Waals surface area contributed by atoms with Crippen molar-refractivity contribution < 1.29 is 23.5 Å². The second kappa shape index (κ2) is 13.3. The molecule has 1 fully saturated rings. The predicted octanol–water partition coefficient (Wildman–Crippen LogP) is 5.52. The molecule has 12 heteroatoms. The summed E-state index contributed by atoms with van der Waals surface area (Å²) in [4.78, 5) is 51.5. The number of furan rings is 1. The van der Waals surface area contributed by atoms with Crippen LogP contribution in [0.3, 0.4) is 0 Å². The number of anilines is 3. The van der Waals surface area contributed by atoms with Crippen molar-refractivity contribution in [3.8, 4) is 11.3 Å². The molecule has 3 heterocycles. The second-order valence-electron chi connectivity index (χ2n) is 11.6. The number of nitrogens with zero attached hydrogens (tertiary/aromatic N) is 5. The number of urea groups is 1. The third kappa shape index (κ3) is 7.07. The Balaban J connectivity index is 1.09. The molecule has 12 nitrogen and oxygen atoms in total. The van der Waals surface area contributed by atoms with E-state index in [0.717, 1.165) is 22.0 Å². The van der Waals surface area contributed by atoms with Gasteiger partial charge in [-0.25, -0.2) is 14.8 Å². The molecule has 0 spiro atoms. The van der Waals surface area contributed by atoms with E-state index >= 15 is 0 Å². The summed E-state index contributed by atoms with van der Waals surface area (Å²) in [6.07, 6.45) is 1.59. The van der Waals surface area contributed by atoms with Crippen LogP contribution < -0.4 is 15.5 Å². The first-order chi connectivity index (χ1) is 22.6. The Morgan fingerprint density at radius 3 is 2.19 bits per heavy atom. The number of hydrogen-bond donors (Lipinski definition) is 2. The lowest BCUT2D eigenvalue weighted by Crippen LogP contribution is -2.39. The highest BCUT2D eigenvalue weighted by atomic mass is 16.5. The van der Waals surface area contributed by atoms with Gasteiger partial charge in [-0.3, -0.25) is 9.59 Å². The van der Waals surface area contributed by atoms with E-state index < -0.39 is 6.03 Å². The second-order valence-corrected chi connectivity index (χ2v) is 11.6. The van der Waals surface area contributed by atoms with Gasteiger partial charge < -0.3 is 34.5 Å². The lowest BCUT2D eigenvalue weighted by atomic mass is 10.1. The zero-order valence-electron chi connectivity index (χ0n) is 26.6. The average Bonchev–Trinajstić information content (AvgIpc) is 3.58. The van der Waals surface area contributed by atoms with Gasteiger partial charge in [0.2, 0.25) is 5.95 Å². The average molecular weight is 634 g/mol. The zero-order valence-corrected chi connectivity index (χ0v) is 26.6. The maximum atomic E-state index is 12.6. The monoisotopic (exact) mass is 633 g/mol. The predicted molar refractivity (Wildman–Crippen MR) is 180 cm³/mol. The molecule has 3 aromatic carbocycles. The minimum absolute atomic E-state index is 0.106. The summed E-state index contributed by atoms with van der Waals surface area (Å²) in [5.74, 6) is 1.16. The standard InChI is InChI=1S/C35H35N7O5/c1-40(2)32(43)23-9-13-27(14-10-23)38-35(45)37-26-11-7-22(8-12-26)31-21-42(17-18-46-31)34-36-20-25-6-5-24(19-28(25)39-34)29-15-16-30(47-29)33(44)41(3)4/h5-16,19-20,31H,17-18,21H2,1-4H3,(H2,37,38,45). The van der Waals surface area contributed by atoms with Gasteiger partial charge in [0.15, 0.2) is 5.76 Å². The van der Waals surface area contributed by atoms with E-state index in [9.17, 15) is 14.4 Å². The van der Waals surface area contributed by atoms with Crippen molar-refractivity contribution in [2.24, 2.45) is 0 Å². The Hall–Kier alpha value is -5.75. The molecule has 0 saturated carbocycles. The van der Waals surface area contributed by atoms with Crippen molar-refractivity contribution in [1.82, 2.24) is 19.8 Å². The van der Waals surface area contributed by atoms with Crippen molar-refractivity contribution >= 4 is 46.1 Å².